The van der Waals surface area contributed by atoms with E-state index in [1.807, 2.05) is 6.92 Å². The summed E-state index contributed by atoms with van der Waals surface area (Å²) in [6.07, 6.45) is 0.131. The zero-order valence-corrected chi connectivity index (χ0v) is 9.95. The van der Waals surface area contributed by atoms with E-state index in [9.17, 15) is 9.59 Å². The number of nitrogens with zero attached hydrogens (tertiary/aromatic N) is 1. The third-order valence-electron chi connectivity index (χ3n) is 1.83. The summed E-state index contributed by atoms with van der Waals surface area (Å²) in [6, 6.07) is -0.475. The van der Waals surface area contributed by atoms with Crippen molar-refractivity contribution in [3.63, 3.8) is 0 Å². The molecule has 1 aromatic heterocycles. The second-order valence-electron chi connectivity index (χ2n) is 3.30. The first kappa shape index (κ1) is 13.4. The van der Waals surface area contributed by atoms with E-state index >= 15 is 0 Å². The number of nitrogens with one attached hydrogen (secondary N) is 2. The Balaban J connectivity index is 2.24. The van der Waals surface area contributed by atoms with Crippen molar-refractivity contribution >= 4 is 28.5 Å². The van der Waals surface area contributed by atoms with Crippen LogP contribution in [-0.4, -0.2) is 39.8 Å². The molecule has 0 radical (unpaired) electrons. The molecule has 0 aromatic carbocycles. The number of hydrogen-bond acceptors (Lipinski definition) is 5. The molecule has 0 saturated heterocycles. The fourth-order valence-electron chi connectivity index (χ4n) is 1.000. The van der Waals surface area contributed by atoms with Gasteiger partial charge in [-0.25, -0.2) is 14.6 Å². The standard InChI is InChI=1S/C9H13N3O4S/c1-5-4-11-9(17-5)12-8(16)10-3-2-6(13)7(14)15/h4,6,13H,2-3H2,1H3,(H,14,15)(H2,10,11,12,16). The van der Waals surface area contributed by atoms with E-state index < -0.39 is 18.1 Å². The van der Waals surface area contributed by atoms with Crippen LogP contribution in [0.5, 0.6) is 0 Å². The van der Waals surface area contributed by atoms with Gasteiger partial charge in [0, 0.05) is 24.0 Å². The maximum atomic E-state index is 11.3. The van der Waals surface area contributed by atoms with Gasteiger partial charge in [-0.15, -0.1) is 11.3 Å². The highest BCUT2D eigenvalue weighted by Crippen LogP contribution is 2.15. The van der Waals surface area contributed by atoms with E-state index in [-0.39, 0.29) is 13.0 Å². The summed E-state index contributed by atoms with van der Waals surface area (Å²) in [5.41, 5.74) is 0. The van der Waals surface area contributed by atoms with Gasteiger partial charge in [0.25, 0.3) is 0 Å². The smallest absolute Gasteiger partial charge is 0.332 e. The van der Waals surface area contributed by atoms with Gasteiger partial charge < -0.3 is 15.5 Å². The maximum absolute atomic E-state index is 11.3. The lowest BCUT2D eigenvalue weighted by molar-refractivity contribution is -0.146. The Morgan fingerprint density at radius 3 is 2.82 bits per heavy atom. The fourth-order valence-corrected chi connectivity index (χ4v) is 1.66. The minimum atomic E-state index is -1.46. The molecule has 94 valence electrons. The molecule has 0 saturated carbocycles. The van der Waals surface area contributed by atoms with E-state index in [0.717, 1.165) is 4.88 Å². The molecule has 0 bridgehead atoms. The average molecular weight is 259 g/mol. The molecule has 4 N–H and O–H groups in total. The van der Waals surface area contributed by atoms with E-state index in [2.05, 4.69) is 15.6 Å². The highest BCUT2D eigenvalue weighted by atomic mass is 32.1. The number of aliphatic hydroxyl groups is 1. The van der Waals surface area contributed by atoms with Crippen molar-refractivity contribution in [3.05, 3.63) is 11.1 Å². The molecule has 2 amide bonds. The number of anilines is 1. The number of aliphatic carboxylic acids is 1. The molecule has 1 rings (SSSR count). The van der Waals surface area contributed by atoms with Crippen LogP contribution in [0.3, 0.4) is 0 Å². The number of aryl methyl sites for hydroxylation is 1. The van der Waals surface area contributed by atoms with Crippen molar-refractivity contribution in [1.82, 2.24) is 10.3 Å². The fraction of sp³-hybridized carbons (Fsp3) is 0.444. The Bertz CT molecular complexity index is 407. The molecule has 8 heteroatoms. The highest BCUT2D eigenvalue weighted by Gasteiger charge is 2.13. The Morgan fingerprint density at radius 1 is 1.59 bits per heavy atom. The molecule has 0 aliphatic heterocycles. The van der Waals surface area contributed by atoms with Crippen molar-refractivity contribution < 1.29 is 19.8 Å². The molecule has 0 fully saturated rings. The van der Waals surface area contributed by atoms with Gasteiger partial charge in [0.15, 0.2) is 11.2 Å². The summed E-state index contributed by atoms with van der Waals surface area (Å²) in [7, 11) is 0. The molecule has 1 atom stereocenters. The lowest BCUT2D eigenvalue weighted by Gasteiger charge is -2.07. The number of carboxylic acids is 1. The van der Waals surface area contributed by atoms with Gasteiger partial charge in [-0.05, 0) is 6.92 Å². The summed E-state index contributed by atoms with van der Waals surface area (Å²) in [4.78, 5) is 26.5. The van der Waals surface area contributed by atoms with Crippen LogP contribution in [-0.2, 0) is 4.79 Å². The van der Waals surface area contributed by atoms with Crippen LogP contribution in [0.4, 0.5) is 9.93 Å². The van der Waals surface area contributed by atoms with Crippen molar-refractivity contribution in [2.45, 2.75) is 19.4 Å². The number of aromatic nitrogens is 1. The van der Waals surface area contributed by atoms with Crippen LogP contribution in [0.25, 0.3) is 0 Å². The predicted octanol–water partition coefficient (Wildman–Crippen LogP) is 0.409. The van der Waals surface area contributed by atoms with Crippen LogP contribution in [0, 0.1) is 6.92 Å². The number of hydrogen-bond donors (Lipinski definition) is 4. The number of aliphatic hydroxyl groups excluding tert-OH is 1. The largest absolute Gasteiger partial charge is 0.479 e. The van der Waals surface area contributed by atoms with E-state index in [1.54, 1.807) is 6.20 Å². The first-order valence-corrected chi connectivity index (χ1v) is 5.69. The number of rotatable bonds is 5. The zero-order valence-electron chi connectivity index (χ0n) is 9.14. The van der Waals surface area contributed by atoms with Gasteiger partial charge in [-0.2, -0.15) is 0 Å². The Hall–Kier alpha value is -1.67. The third-order valence-corrected chi connectivity index (χ3v) is 2.66. The quantitative estimate of drug-likeness (QED) is 0.612. The van der Waals surface area contributed by atoms with Crippen molar-refractivity contribution in [3.8, 4) is 0 Å². The number of thiazole rings is 1. The minimum Gasteiger partial charge on any atom is -0.479 e. The minimum absolute atomic E-state index is 0.0420. The molecule has 0 spiro atoms. The Kier molecular flexibility index (Phi) is 4.85. The summed E-state index contributed by atoms with van der Waals surface area (Å²) < 4.78 is 0. The van der Waals surface area contributed by atoms with Crippen molar-refractivity contribution in [2.75, 3.05) is 11.9 Å². The number of carbonyl (C=O) groups is 2. The lowest BCUT2D eigenvalue weighted by Crippen LogP contribution is -2.33. The monoisotopic (exact) mass is 259 g/mol. The van der Waals surface area contributed by atoms with Crippen LogP contribution in [0.2, 0.25) is 0 Å². The second-order valence-corrected chi connectivity index (χ2v) is 4.53. The molecular weight excluding hydrogens is 246 g/mol. The van der Waals surface area contributed by atoms with Crippen LogP contribution in [0.15, 0.2) is 6.20 Å². The van der Waals surface area contributed by atoms with E-state index in [1.165, 1.54) is 11.3 Å². The maximum Gasteiger partial charge on any atom is 0.332 e. The number of carbonyl (C=O) groups excluding carboxylic acids is 1. The molecule has 1 heterocycles. The summed E-state index contributed by atoms with van der Waals surface area (Å²) in [5, 5.41) is 22.7. The third kappa shape index (κ3) is 4.79. The molecule has 0 aliphatic rings. The average Bonchev–Trinajstić information content (AvgIpc) is 2.63. The topological polar surface area (TPSA) is 112 Å². The normalized spacial score (nSPS) is 11.9. The molecule has 0 aliphatic carbocycles. The van der Waals surface area contributed by atoms with Crippen LogP contribution in [0.1, 0.15) is 11.3 Å². The van der Waals surface area contributed by atoms with Gasteiger partial charge in [-0.3, -0.25) is 5.32 Å². The van der Waals surface area contributed by atoms with Gasteiger partial charge in [0.1, 0.15) is 0 Å². The SMILES string of the molecule is Cc1cnc(NC(=O)NCCC(O)C(=O)O)s1. The number of urea groups is 1. The zero-order chi connectivity index (χ0) is 12.8. The number of amides is 2. The Labute approximate surface area is 101 Å². The van der Waals surface area contributed by atoms with Gasteiger partial charge in [-0.1, -0.05) is 0 Å². The van der Waals surface area contributed by atoms with E-state index in [0.29, 0.717) is 5.13 Å². The molecule has 1 unspecified atom stereocenters. The van der Waals surface area contributed by atoms with Crippen LogP contribution >= 0.6 is 11.3 Å². The number of carboxylic acid groups (broad SMARTS) is 1. The van der Waals surface area contributed by atoms with Gasteiger partial charge in [0.2, 0.25) is 0 Å². The molecular formula is C9H13N3O4S. The second kappa shape index (κ2) is 6.16. The summed E-state index contributed by atoms with van der Waals surface area (Å²) >= 11 is 1.33. The summed E-state index contributed by atoms with van der Waals surface area (Å²) in [5.74, 6) is -1.30. The molecule has 17 heavy (non-hydrogen) atoms. The van der Waals surface area contributed by atoms with E-state index in [4.69, 9.17) is 10.2 Å². The highest BCUT2D eigenvalue weighted by molar-refractivity contribution is 7.15. The van der Waals surface area contributed by atoms with Crippen LogP contribution < -0.4 is 10.6 Å². The van der Waals surface area contributed by atoms with Crippen molar-refractivity contribution in [2.24, 2.45) is 0 Å². The first-order chi connectivity index (χ1) is 7.99. The lowest BCUT2D eigenvalue weighted by atomic mass is 10.2. The van der Waals surface area contributed by atoms with Gasteiger partial charge in [0.05, 0.1) is 0 Å². The predicted molar refractivity (Wildman–Crippen MR) is 62.1 cm³/mol. The summed E-state index contributed by atoms with van der Waals surface area (Å²) in [6.45, 7) is 1.94. The molecule has 7 nitrogen and oxygen atoms in total. The van der Waals surface area contributed by atoms with Gasteiger partial charge >= 0.3 is 12.0 Å². The first-order valence-electron chi connectivity index (χ1n) is 4.87. The molecule has 1 aromatic rings. The Morgan fingerprint density at radius 2 is 2.29 bits per heavy atom. The van der Waals surface area contributed by atoms with Crippen molar-refractivity contribution in [1.29, 1.82) is 0 Å².